The number of aromatic nitrogens is 4. The lowest BCUT2D eigenvalue weighted by Crippen LogP contribution is -2.19. The molecule has 1 unspecified atom stereocenters. The molecule has 0 spiro atoms. The summed E-state index contributed by atoms with van der Waals surface area (Å²) in [6.45, 7) is 0.637. The van der Waals surface area contributed by atoms with Gasteiger partial charge in [0.1, 0.15) is 29.9 Å². The number of hydrogen-bond donors (Lipinski definition) is 2. The van der Waals surface area contributed by atoms with E-state index in [1.54, 1.807) is 30.3 Å². The van der Waals surface area contributed by atoms with Crippen molar-refractivity contribution < 1.29 is 18.7 Å². The highest BCUT2D eigenvalue weighted by Crippen LogP contribution is 2.35. The van der Waals surface area contributed by atoms with Gasteiger partial charge in [0.25, 0.3) is 5.91 Å². The lowest BCUT2D eigenvalue weighted by molar-refractivity contribution is -0.0287. The molecule has 1 saturated heterocycles. The van der Waals surface area contributed by atoms with E-state index in [4.69, 9.17) is 14.5 Å². The number of rotatable bonds is 7. The molecule has 0 radical (unpaired) electrons. The van der Waals surface area contributed by atoms with E-state index in [9.17, 15) is 9.18 Å². The summed E-state index contributed by atoms with van der Waals surface area (Å²) < 4.78 is 27.3. The molecule has 1 aliphatic rings. The summed E-state index contributed by atoms with van der Waals surface area (Å²) in [6, 6.07) is 20.7. The number of benzene rings is 3. The number of hydrogen-bond acceptors (Lipinski definition) is 7. The summed E-state index contributed by atoms with van der Waals surface area (Å²) >= 11 is 0. The number of nitrogens with zero attached hydrogens (tertiary/aromatic N) is 4. The number of amides is 1. The molecule has 2 N–H and O–H groups in total. The van der Waals surface area contributed by atoms with Gasteiger partial charge in [0.2, 0.25) is 0 Å². The zero-order valence-corrected chi connectivity index (χ0v) is 21.8. The van der Waals surface area contributed by atoms with E-state index in [1.165, 1.54) is 25.6 Å². The molecule has 5 aromatic rings. The molecule has 6 rings (SSSR count). The van der Waals surface area contributed by atoms with Gasteiger partial charge in [0, 0.05) is 23.5 Å². The van der Waals surface area contributed by atoms with E-state index in [-0.39, 0.29) is 18.0 Å². The number of fused-ring (bicyclic) bond motifs is 1. The fraction of sp³-hybridized carbons (Fsp3) is 0.200. The first-order valence-electron chi connectivity index (χ1n) is 13.0. The van der Waals surface area contributed by atoms with Crippen molar-refractivity contribution in [2.75, 3.05) is 24.4 Å². The first kappa shape index (κ1) is 25.4. The third-order valence-corrected chi connectivity index (χ3v) is 6.74. The summed E-state index contributed by atoms with van der Waals surface area (Å²) in [5.74, 6) is 0.921. The van der Waals surface area contributed by atoms with Crippen LogP contribution in [0.4, 0.5) is 21.6 Å². The number of para-hydroxylation sites is 1. The van der Waals surface area contributed by atoms with Crippen molar-refractivity contribution in [3.63, 3.8) is 0 Å². The van der Waals surface area contributed by atoms with Crippen molar-refractivity contribution in [3.05, 3.63) is 90.5 Å². The molecular weight excluding hydrogens is 511 g/mol. The smallest absolute Gasteiger partial charge is 0.259 e. The Bertz CT molecular complexity index is 1680. The van der Waals surface area contributed by atoms with Gasteiger partial charge in [0.05, 0.1) is 12.7 Å². The fourth-order valence-corrected chi connectivity index (χ4v) is 4.87. The predicted molar refractivity (Wildman–Crippen MR) is 150 cm³/mol. The number of anilines is 3. The maximum atomic E-state index is 13.8. The van der Waals surface area contributed by atoms with Crippen LogP contribution >= 0.6 is 0 Å². The highest BCUT2D eigenvalue weighted by atomic mass is 19.1. The van der Waals surface area contributed by atoms with Gasteiger partial charge < -0.3 is 20.1 Å². The summed E-state index contributed by atoms with van der Waals surface area (Å²) in [5, 5.41) is 6.13. The Hall–Kier alpha value is -4.83. The lowest BCUT2D eigenvalue weighted by Gasteiger charge is -2.25. The largest absolute Gasteiger partial charge is 0.496 e. The summed E-state index contributed by atoms with van der Waals surface area (Å²) in [6.07, 6.45) is 4.00. The topological polar surface area (TPSA) is 103 Å². The van der Waals surface area contributed by atoms with Crippen LogP contribution in [-0.2, 0) is 4.74 Å². The molecule has 1 amide bonds. The molecule has 1 atom stereocenters. The number of imidazole rings is 1. The quantitative estimate of drug-likeness (QED) is 0.249. The molecule has 1 aliphatic heterocycles. The monoisotopic (exact) mass is 538 g/mol. The molecule has 2 aromatic heterocycles. The number of methoxy groups -OCH3 is 1. The van der Waals surface area contributed by atoms with Crippen molar-refractivity contribution in [1.29, 1.82) is 0 Å². The Morgan fingerprint density at radius 3 is 2.70 bits per heavy atom. The van der Waals surface area contributed by atoms with Gasteiger partial charge in [-0.15, -0.1) is 0 Å². The van der Waals surface area contributed by atoms with Crippen LogP contribution in [0, 0.1) is 5.82 Å². The maximum Gasteiger partial charge on any atom is 0.259 e. The Morgan fingerprint density at radius 1 is 1.02 bits per heavy atom. The summed E-state index contributed by atoms with van der Waals surface area (Å²) in [5.41, 5.74) is 3.47. The van der Waals surface area contributed by atoms with E-state index in [2.05, 4.69) is 20.6 Å². The van der Waals surface area contributed by atoms with E-state index < -0.39 is 0 Å². The highest BCUT2D eigenvalue weighted by Gasteiger charge is 2.26. The molecule has 10 heteroatoms. The van der Waals surface area contributed by atoms with Crippen LogP contribution in [0.1, 0.15) is 35.8 Å². The number of carbonyl (C=O) groups excluding carboxylic acids is 1. The van der Waals surface area contributed by atoms with Crippen molar-refractivity contribution in [2.24, 2.45) is 0 Å². The normalized spacial score (nSPS) is 15.1. The van der Waals surface area contributed by atoms with Crippen LogP contribution in [0.25, 0.3) is 22.6 Å². The fourth-order valence-electron chi connectivity index (χ4n) is 4.87. The standard InChI is InChI=1S/C30H27FN6O3/c1-39-24-13-3-2-12-23(24)30(38)35-21-10-6-8-19(16-21)28-36-26-27(34-22-11-7-9-20(31)17-22)32-18-33-29(26)37(28)25-14-4-5-15-40-25/h2-3,6-13,16-18,25H,4-5,14-15H2,1H3,(H,35,38)(H,32,33,34). The Balaban J connectivity index is 1.41. The maximum absolute atomic E-state index is 13.8. The van der Waals surface area contributed by atoms with E-state index in [0.717, 1.165) is 24.8 Å². The molecular formula is C30H27FN6O3. The molecule has 1 fully saturated rings. The first-order valence-corrected chi connectivity index (χ1v) is 13.0. The van der Waals surface area contributed by atoms with Gasteiger partial charge in [-0.05, 0) is 61.7 Å². The molecule has 0 bridgehead atoms. The van der Waals surface area contributed by atoms with Crippen molar-refractivity contribution in [2.45, 2.75) is 25.5 Å². The van der Waals surface area contributed by atoms with Gasteiger partial charge in [0.15, 0.2) is 17.0 Å². The average molecular weight is 539 g/mol. The molecule has 0 saturated carbocycles. The van der Waals surface area contributed by atoms with Crippen LogP contribution < -0.4 is 15.4 Å². The minimum atomic E-state index is -0.357. The Labute approximate surface area is 230 Å². The van der Waals surface area contributed by atoms with Gasteiger partial charge in [-0.2, -0.15) is 0 Å². The van der Waals surface area contributed by atoms with Crippen molar-refractivity contribution >= 4 is 34.3 Å². The molecule has 0 aliphatic carbocycles. The van der Waals surface area contributed by atoms with Crippen LogP contribution in [0.5, 0.6) is 5.75 Å². The molecule has 9 nitrogen and oxygen atoms in total. The van der Waals surface area contributed by atoms with Crippen molar-refractivity contribution in [1.82, 2.24) is 19.5 Å². The number of carbonyl (C=O) groups is 1. The second kappa shape index (κ2) is 11.1. The van der Waals surface area contributed by atoms with E-state index >= 15 is 0 Å². The third kappa shape index (κ3) is 5.08. The zero-order valence-electron chi connectivity index (χ0n) is 21.8. The number of halogens is 1. The highest BCUT2D eigenvalue weighted by molar-refractivity contribution is 6.06. The van der Waals surface area contributed by atoms with Crippen LogP contribution in [0.3, 0.4) is 0 Å². The average Bonchev–Trinajstić information content (AvgIpc) is 3.38. The van der Waals surface area contributed by atoms with Crippen LogP contribution in [-0.4, -0.2) is 39.1 Å². The number of nitrogens with one attached hydrogen (secondary N) is 2. The molecule has 40 heavy (non-hydrogen) atoms. The molecule has 3 heterocycles. The molecule has 202 valence electrons. The third-order valence-electron chi connectivity index (χ3n) is 6.74. The summed E-state index contributed by atoms with van der Waals surface area (Å²) in [7, 11) is 1.53. The summed E-state index contributed by atoms with van der Waals surface area (Å²) in [4.78, 5) is 27.0. The van der Waals surface area contributed by atoms with Gasteiger partial charge >= 0.3 is 0 Å². The Kier molecular flexibility index (Phi) is 7.07. The van der Waals surface area contributed by atoms with Gasteiger partial charge in [-0.1, -0.05) is 30.3 Å². The minimum Gasteiger partial charge on any atom is -0.496 e. The second-order valence-corrected chi connectivity index (χ2v) is 9.39. The van der Waals surface area contributed by atoms with Crippen LogP contribution in [0.15, 0.2) is 79.1 Å². The van der Waals surface area contributed by atoms with E-state index in [0.29, 0.717) is 52.1 Å². The number of ether oxygens (including phenoxy) is 2. The van der Waals surface area contributed by atoms with Crippen molar-refractivity contribution in [3.8, 4) is 17.1 Å². The minimum absolute atomic E-state index is 0.266. The predicted octanol–water partition coefficient (Wildman–Crippen LogP) is 6.34. The second-order valence-electron chi connectivity index (χ2n) is 9.39. The van der Waals surface area contributed by atoms with Gasteiger partial charge in [-0.3, -0.25) is 9.36 Å². The molecule has 3 aromatic carbocycles. The van der Waals surface area contributed by atoms with E-state index in [1.807, 2.05) is 34.9 Å². The van der Waals surface area contributed by atoms with Gasteiger partial charge in [-0.25, -0.2) is 19.3 Å². The first-order chi connectivity index (χ1) is 19.6. The zero-order chi connectivity index (χ0) is 27.5. The SMILES string of the molecule is COc1ccccc1C(=O)Nc1cccc(-c2nc3c(Nc4cccc(F)c4)ncnc3n2C2CCCCO2)c1. The lowest BCUT2D eigenvalue weighted by atomic mass is 10.1. The van der Waals surface area contributed by atoms with Crippen LogP contribution in [0.2, 0.25) is 0 Å². The Morgan fingerprint density at radius 2 is 1.88 bits per heavy atom.